The second-order valence-corrected chi connectivity index (χ2v) is 5.56. The first-order valence-electron chi connectivity index (χ1n) is 6.31. The minimum Gasteiger partial charge on any atom is -0.298 e. The molecule has 0 heterocycles. The van der Waals surface area contributed by atoms with Crippen LogP contribution in [0.1, 0.15) is 18.1 Å². The molecule has 0 fully saturated rings. The molecule has 0 saturated carbocycles. The van der Waals surface area contributed by atoms with Gasteiger partial charge in [-0.15, -0.1) is 0 Å². The van der Waals surface area contributed by atoms with Gasteiger partial charge in [0.25, 0.3) is 0 Å². The van der Waals surface area contributed by atoms with Crippen molar-refractivity contribution in [2.45, 2.75) is 18.8 Å². The summed E-state index contributed by atoms with van der Waals surface area (Å²) in [5, 5.41) is 9.67. The van der Waals surface area contributed by atoms with Crippen LogP contribution in [-0.2, 0) is 16.6 Å². The molecule has 2 aromatic carbocycles. The Bertz CT molecular complexity index is 660. The number of Topliss-reactive ketones (excluding diaryl/α,β-unsaturated/α-hetero) is 1. The Morgan fingerprint density at radius 2 is 1.75 bits per heavy atom. The van der Waals surface area contributed by atoms with E-state index in [0.29, 0.717) is 6.42 Å². The first-order chi connectivity index (χ1) is 9.60. The van der Waals surface area contributed by atoms with Crippen LogP contribution in [0.2, 0.25) is 0 Å². The van der Waals surface area contributed by atoms with E-state index in [4.69, 9.17) is 0 Å². The Kier molecular flexibility index (Phi) is 4.36. The van der Waals surface area contributed by atoms with Crippen LogP contribution in [0, 0.1) is 11.3 Å². The molecule has 0 spiro atoms. The Hall–Kier alpha value is -1.92. The highest BCUT2D eigenvalue weighted by atomic mass is 79.9. The molecule has 0 bridgehead atoms. The molecular weight excluding hydrogens is 314 g/mol. The minimum atomic E-state index is -1.13. The molecule has 2 aromatic rings. The molecule has 0 aliphatic carbocycles. The van der Waals surface area contributed by atoms with Gasteiger partial charge >= 0.3 is 0 Å². The molecule has 0 aliphatic heterocycles. The largest absolute Gasteiger partial charge is 0.298 e. The molecule has 100 valence electrons. The van der Waals surface area contributed by atoms with Crippen LogP contribution in [0.15, 0.2) is 59.1 Å². The van der Waals surface area contributed by atoms with E-state index in [-0.39, 0.29) is 5.78 Å². The average molecular weight is 328 g/mol. The molecule has 3 heteroatoms. The zero-order chi connectivity index (χ0) is 14.6. The fourth-order valence-corrected chi connectivity index (χ4v) is 2.69. The fraction of sp³-hybridized carbons (Fsp3) is 0.176. The van der Waals surface area contributed by atoms with Gasteiger partial charge in [0.1, 0.15) is 5.41 Å². The van der Waals surface area contributed by atoms with Crippen LogP contribution >= 0.6 is 15.9 Å². The van der Waals surface area contributed by atoms with Gasteiger partial charge in [0.2, 0.25) is 0 Å². The number of nitrogens with zero attached hydrogens (tertiary/aromatic N) is 1. The molecule has 0 amide bonds. The normalized spacial score (nSPS) is 13.2. The van der Waals surface area contributed by atoms with Gasteiger partial charge in [-0.1, -0.05) is 64.5 Å². The van der Waals surface area contributed by atoms with Crippen molar-refractivity contribution in [2.75, 3.05) is 0 Å². The number of halogens is 1. The maximum absolute atomic E-state index is 12.2. The highest BCUT2D eigenvalue weighted by Crippen LogP contribution is 2.31. The molecule has 1 atom stereocenters. The number of rotatable bonds is 4. The smallest absolute Gasteiger partial charge is 0.154 e. The molecule has 0 aliphatic rings. The van der Waals surface area contributed by atoms with Crippen molar-refractivity contribution in [3.05, 3.63) is 70.2 Å². The predicted molar refractivity (Wildman–Crippen MR) is 82.3 cm³/mol. The SMILES string of the molecule is CC(=O)C(C#N)(Cc1ccccc1Br)c1ccccc1. The van der Waals surface area contributed by atoms with E-state index in [9.17, 15) is 10.1 Å². The lowest BCUT2D eigenvalue weighted by atomic mass is 9.74. The van der Waals surface area contributed by atoms with Crippen LogP contribution in [-0.4, -0.2) is 5.78 Å². The molecule has 0 saturated heterocycles. The summed E-state index contributed by atoms with van der Waals surface area (Å²) in [6.07, 6.45) is 0.365. The second kappa shape index (κ2) is 6.02. The third kappa shape index (κ3) is 2.66. The molecule has 1 unspecified atom stereocenters. The van der Waals surface area contributed by atoms with Crippen molar-refractivity contribution in [2.24, 2.45) is 0 Å². The monoisotopic (exact) mass is 327 g/mol. The van der Waals surface area contributed by atoms with Crippen LogP contribution in [0.4, 0.5) is 0 Å². The summed E-state index contributed by atoms with van der Waals surface area (Å²) in [6.45, 7) is 1.48. The number of hydrogen-bond acceptors (Lipinski definition) is 2. The Balaban J connectivity index is 2.53. The lowest BCUT2D eigenvalue weighted by molar-refractivity contribution is -0.120. The van der Waals surface area contributed by atoms with Gasteiger partial charge in [0, 0.05) is 10.9 Å². The van der Waals surface area contributed by atoms with E-state index in [1.165, 1.54) is 6.92 Å². The predicted octanol–water partition coefficient (Wildman–Crippen LogP) is 4.04. The first kappa shape index (κ1) is 14.5. The fourth-order valence-electron chi connectivity index (χ4n) is 2.26. The lowest BCUT2D eigenvalue weighted by Crippen LogP contribution is -2.35. The molecule has 0 aromatic heterocycles. The summed E-state index contributed by atoms with van der Waals surface area (Å²) < 4.78 is 0.914. The Morgan fingerprint density at radius 1 is 1.15 bits per heavy atom. The third-order valence-electron chi connectivity index (χ3n) is 3.47. The lowest BCUT2D eigenvalue weighted by Gasteiger charge is -2.25. The van der Waals surface area contributed by atoms with Crippen LogP contribution in [0.3, 0.4) is 0 Å². The van der Waals surface area contributed by atoms with Gasteiger partial charge in [-0.25, -0.2) is 0 Å². The van der Waals surface area contributed by atoms with Gasteiger partial charge in [0.15, 0.2) is 5.78 Å². The van der Waals surface area contributed by atoms with Crippen LogP contribution in [0.5, 0.6) is 0 Å². The summed E-state index contributed by atoms with van der Waals surface area (Å²) in [5.41, 5.74) is 0.560. The topological polar surface area (TPSA) is 40.9 Å². The molecular formula is C17H14BrNO. The molecule has 0 N–H and O–H groups in total. The number of carbonyl (C=O) groups is 1. The standard InChI is InChI=1S/C17H14BrNO/c1-13(20)17(12-19,15-8-3-2-4-9-15)11-14-7-5-6-10-16(14)18/h2-10H,11H2,1H3. The van der Waals surface area contributed by atoms with Crippen molar-refractivity contribution < 1.29 is 4.79 Å². The molecule has 2 rings (SSSR count). The third-order valence-corrected chi connectivity index (χ3v) is 4.25. The zero-order valence-electron chi connectivity index (χ0n) is 11.1. The molecule has 2 nitrogen and oxygen atoms in total. The number of hydrogen-bond donors (Lipinski definition) is 0. The quantitative estimate of drug-likeness (QED) is 0.850. The number of carbonyl (C=O) groups excluding carboxylic acids is 1. The number of nitriles is 1. The summed E-state index contributed by atoms with van der Waals surface area (Å²) in [5.74, 6) is -0.137. The van der Waals surface area contributed by atoms with E-state index < -0.39 is 5.41 Å². The highest BCUT2D eigenvalue weighted by molar-refractivity contribution is 9.10. The second-order valence-electron chi connectivity index (χ2n) is 4.71. The summed E-state index contributed by atoms with van der Waals surface area (Å²) in [7, 11) is 0. The first-order valence-corrected chi connectivity index (χ1v) is 7.10. The van der Waals surface area contributed by atoms with Crippen molar-refractivity contribution in [1.82, 2.24) is 0 Å². The van der Waals surface area contributed by atoms with Crippen molar-refractivity contribution in [1.29, 1.82) is 5.26 Å². The number of benzene rings is 2. The highest BCUT2D eigenvalue weighted by Gasteiger charge is 2.38. The summed E-state index contributed by atoms with van der Waals surface area (Å²) in [4.78, 5) is 12.2. The van der Waals surface area contributed by atoms with Crippen LogP contribution < -0.4 is 0 Å². The van der Waals surface area contributed by atoms with Gasteiger partial charge in [0.05, 0.1) is 6.07 Å². The van der Waals surface area contributed by atoms with E-state index in [0.717, 1.165) is 15.6 Å². The van der Waals surface area contributed by atoms with Crippen molar-refractivity contribution in [3.63, 3.8) is 0 Å². The molecule has 0 radical (unpaired) electrons. The number of ketones is 1. The van der Waals surface area contributed by atoms with E-state index >= 15 is 0 Å². The van der Waals surface area contributed by atoms with E-state index in [2.05, 4.69) is 22.0 Å². The maximum atomic E-state index is 12.2. The zero-order valence-corrected chi connectivity index (χ0v) is 12.7. The summed E-state index contributed by atoms with van der Waals surface area (Å²) in [6, 6.07) is 19.2. The summed E-state index contributed by atoms with van der Waals surface area (Å²) >= 11 is 3.48. The Morgan fingerprint density at radius 3 is 2.30 bits per heavy atom. The van der Waals surface area contributed by atoms with Gasteiger partial charge in [-0.2, -0.15) is 5.26 Å². The van der Waals surface area contributed by atoms with E-state index in [1.807, 2.05) is 54.6 Å². The average Bonchev–Trinajstić information content (AvgIpc) is 2.47. The minimum absolute atomic E-state index is 0.137. The Labute approximate surface area is 127 Å². The molecule has 20 heavy (non-hydrogen) atoms. The van der Waals surface area contributed by atoms with Gasteiger partial charge in [-0.05, 0) is 24.1 Å². The van der Waals surface area contributed by atoms with Gasteiger partial charge in [-0.3, -0.25) is 4.79 Å². The van der Waals surface area contributed by atoms with Crippen molar-refractivity contribution >= 4 is 21.7 Å². The van der Waals surface area contributed by atoms with E-state index in [1.54, 1.807) is 0 Å². The van der Waals surface area contributed by atoms with Crippen LogP contribution in [0.25, 0.3) is 0 Å². The maximum Gasteiger partial charge on any atom is 0.154 e. The van der Waals surface area contributed by atoms with Gasteiger partial charge < -0.3 is 0 Å². The van der Waals surface area contributed by atoms with Crippen molar-refractivity contribution in [3.8, 4) is 6.07 Å².